The van der Waals surface area contributed by atoms with Crippen molar-refractivity contribution in [2.24, 2.45) is 0 Å². The van der Waals surface area contributed by atoms with E-state index in [1.54, 1.807) is 0 Å². The highest BCUT2D eigenvalue weighted by atomic mass is 19.1. The van der Waals surface area contributed by atoms with E-state index in [1.165, 1.54) is 24.1 Å². The smallest absolute Gasteiger partial charge is 0.254 e. The number of aromatic nitrogens is 4. The molecule has 2 heterocycles. The van der Waals surface area contributed by atoms with E-state index in [4.69, 9.17) is 4.74 Å². The molecule has 0 atom stereocenters. The second-order valence-electron chi connectivity index (χ2n) is 5.90. The molecule has 3 rings (SSSR count). The lowest BCUT2D eigenvalue weighted by Gasteiger charge is -2.26. The van der Waals surface area contributed by atoms with Gasteiger partial charge in [0.2, 0.25) is 0 Å². The number of hydrogen-bond acceptors (Lipinski definition) is 5. The Morgan fingerprint density at radius 2 is 1.96 bits per heavy atom. The number of benzene rings is 1. The second-order valence-corrected chi connectivity index (χ2v) is 5.90. The van der Waals surface area contributed by atoms with Crippen molar-refractivity contribution in [3.05, 3.63) is 48.4 Å². The Balaban J connectivity index is 2.30. The van der Waals surface area contributed by atoms with Gasteiger partial charge in [-0.2, -0.15) is 14.6 Å². The van der Waals surface area contributed by atoms with E-state index < -0.39 is 11.6 Å². The average Bonchev–Trinajstić information content (AvgIpc) is 3.07. The number of ether oxygens (including phenoxy) is 1. The third-order valence-electron chi connectivity index (χ3n) is 3.94. The Hall–Kier alpha value is -3.03. The number of likely N-dealkylation sites (N-methyl/N-ethyl adjacent to an activating group) is 1. The van der Waals surface area contributed by atoms with Crippen LogP contribution in [-0.2, 0) is 0 Å². The molecule has 0 saturated carbocycles. The van der Waals surface area contributed by atoms with Crippen molar-refractivity contribution in [2.75, 3.05) is 25.1 Å². The van der Waals surface area contributed by atoms with E-state index in [1.807, 2.05) is 18.7 Å². The quantitative estimate of drug-likeness (QED) is 0.631. The van der Waals surface area contributed by atoms with Gasteiger partial charge in [-0.3, -0.25) is 0 Å². The minimum atomic E-state index is -0.740. The molecule has 0 aliphatic heterocycles. The van der Waals surface area contributed by atoms with E-state index in [9.17, 15) is 8.78 Å². The predicted octanol–water partition coefficient (Wildman–Crippen LogP) is 3.48. The van der Waals surface area contributed by atoms with Crippen LogP contribution < -0.4 is 9.64 Å². The molecule has 0 saturated heterocycles. The molecule has 0 N–H and O–H groups in total. The molecule has 2 aromatic heterocycles. The summed E-state index contributed by atoms with van der Waals surface area (Å²) >= 11 is 0. The lowest BCUT2D eigenvalue weighted by atomic mass is 10.1. The summed E-state index contributed by atoms with van der Waals surface area (Å²) in [5, 5.41) is 4.18. The van der Waals surface area contributed by atoms with Crippen LogP contribution >= 0.6 is 0 Å². The van der Waals surface area contributed by atoms with Crippen molar-refractivity contribution < 1.29 is 13.5 Å². The van der Waals surface area contributed by atoms with Crippen molar-refractivity contribution >= 4 is 11.6 Å². The highest BCUT2D eigenvalue weighted by Gasteiger charge is 2.23. The molecular weight excluding hydrogens is 340 g/mol. The van der Waals surface area contributed by atoms with Gasteiger partial charge in [0.1, 0.15) is 29.5 Å². The van der Waals surface area contributed by atoms with Gasteiger partial charge in [-0.25, -0.2) is 13.8 Å². The van der Waals surface area contributed by atoms with Gasteiger partial charge in [0.15, 0.2) is 0 Å². The largest absolute Gasteiger partial charge is 0.497 e. The Bertz CT molecular complexity index is 946. The minimum absolute atomic E-state index is 0.106. The van der Waals surface area contributed by atoms with Crippen molar-refractivity contribution in [2.45, 2.75) is 13.8 Å². The third kappa shape index (κ3) is 3.10. The molecule has 3 aromatic rings. The summed E-state index contributed by atoms with van der Waals surface area (Å²) in [4.78, 5) is 10.2. The molecule has 0 unspecified atom stereocenters. The summed E-state index contributed by atoms with van der Waals surface area (Å²) in [6, 6.07) is 2.28. The molecule has 8 heteroatoms. The SMILES string of the molecule is C=C(C)CN(CC)c1c(-c2c(F)cc(OC)cc2F)cnc2ncnn12. The van der Waals surface area contributed by atoms with Gasteiger partial charge < -0.3 is 9.64 Å². The molecule has 26 heavy (non-hydrogen) atoms. The molecule has 0 bridgehead atoms. The fourth-order valence-electron chi connectivity index (χ4n) is 2.83. The molecule has 0 aliphatic carbocycles. The molecule has 0 amide bonds. The summed E-state index contributed by atoms with van der Waals surface area (Å²) in [5.41, 5.74) is 0.994. The van der Waals surface area contributed by atoms with Crippen LogP contribution in [0, 0.1) is 11.6 Å². The molecule has 0 spiro atoms. The number of rotatable bonds is 6. The molecule has 6 nitrogen and oxygen atoms in total. The number of anilines is 1. The van der Waals surface area contributed by atoms with E-state index in [2.05, 4.69) is 21.6 Å². The fourth-order valence-corrected chi connectivity index (χ4v) is 2.83. The van der Waals surface area contributed by atoms with Gasteiger partial charge in [0, 0.05) is 37.0 Å². The zero-order chi connectivity index (χ0) is 18.8. The maximum absolute atomic E-state index is 14.7. The number of hydrogen-bond donors (Lipinski definition) is 0. The van der Waals surface area contributed by atoms with Gasteiger partial charge in [-0.15, -0.1) is 0 Å². The summed E-state index contributed by atoms with van der Waals surface area (Å²) in [7, 11) is 1.36. The average molecular weight is 359 g/mol. The van der Waals surface area contributed by atoms with Crippen molar-refractivity contribution in [1.29, 1.82) is 0 Å². The van der Waals surface area contributed by atoms with Crippen molar-refractivity contribution in [3.8, 4) is 16.9 Å². The van der Waals surface area contributed by atoms with E-state index >= 15 is 0 Å². The van der Waals surface area contributed by atoms with Gasteiger partial charge in [0.25, 0.3) is 5.78 Å². The molecule has 136 valence electrons. The van der Waals surface area contributed by atoms with Crippen LogP contribution in [0.3, 0.4) is 0 Å². The fraction of sp³-hybridized carbons (Fsp3) is 0.278. The summed E-state index contributed by atoms with van der Waals surface area (Å²) in [6.45, 7) is 8.84. The van der Waals surface area contributed by atoms with E-state index in [0.717, 1.165) is 17.7 Å². The van der Waals surface area contributed by atoms with Crippen molar-refractivity contribution in [3.63, 3.8) is 0 Å². The standard InChI is InChI=1S/C18H19F2N5O/c1-5-24(9-11(2)3)17-13(8-21-18-22-10-23-25(17)18)16-14(19)6-12(26-4)7-15(16)20/h6-8,10H,2,5,9H2,1,3-4H3. The number of fused-ring (bicyclic) bond motifs is 1. The normalized spacial score (nSPS) is 11.0. The zero-order valence-electron chi connectivity index (χ0n) is 14.8. The highest BCUT2D eigenvalue weighted by molar-refractivity contribution is 5.78. The third-order valence-corrected chi connectivity index (χ3v) is 3.94. The number of methoxy groups -OCH3 is 1. The highest BCUT2D eigenvalue weighted by Crippen LogP contribution is 2.36. The first-order chi connectivity index (χ1) is 12.5. The summed E-state index contributed by atoms with van der Waals surface area (Å²) < 4.78 is 35.8. The topological polar surface area (TPSA) is 55.5 Å². The van der Waals surface area contributed by atoms with Crippen LogP contribution in [0.2, 0.25) is 0 Å². The first-order valence-corrected chi connectivity index (χ1v) is 8.07. The maximum Gasteiger partial charge on any atom is 0.254 e. The van der Waals surface area contributed by atoms with Gasteiger partial charge >= 0.3 is 0 Å². The van der Waals surface area contributed by atoms with Crippen LogP contribution in [0.5, 0.6) is 5.75 Å². The zero-order valence-corrected chi connectivity index (χ0v) is 14.8. The predicted molar refractivity (Wildman–Crippen MR) is 95.4 cm³/mol. The molecule has 0 aliphatic rings. The van der Waals surface area contributed by atoms with Crippen LogP contribution in [0.1, 0.15) is 13.8 Å². The van der Waals surface area contributed by atoms with Crippen LogP contribution in [0.4, 0.5) is 14.6 Å². The van der Waals surface area contributed by atoms with Crippen molar-refractivity contribution in [1.82, 2.24) is 19.6 Å². The summed E-state index contributed by atoms with van der Waals surface area (Å²) in [6.07, 6.45) is 2.76. The van der Waals surface area contributed by atoms with Gasteiger partial charge in [-0.1, -0.05) is 12.2 Å². The van der Waals surface area contributed by atoms with E-state index in [0.29, 0.717) is 24.7 Å². The molecule has 0 radical (unpaired) electrons. The second kappa shape index (κ2) is 7.07. The first kappa shape index (κ1) is 17.8. The number of nitrogens with zero attached hydrogens (tertiary/aromatic N) is 5. The van der Waals surface area contributed by atoms with Gasteiger partial charge in [0.05, 0.1) is 12.7 Å². The van der Waals surface area contributed by atoms with Gasteiger partial charge in [-0.05, 0) is 13.8 Å². The monoisotopic (exact) mass is 359 g/mol. The number of halogens is 2. The van der Waals surface area contributed by atoms with E-state index in [-0.39, 0.29) is 16.9 Å². The lowest BCUT2D eigenvalue weighted by molar-refractivity contribution is 0.407. The first-order valence-electron chi connectivity index (χ1n) is 8.07. The lowest BCUT2D eigenvalue weighted by Crippen LogP contribution is -2.28. The molecule has 1 aromatic carbocycles. The minimum Gasteiger partial charge on any atom is -0.497 e. The van der Waals surface area contributed by atoms with Crippen LogP contribution in [-0.4, -0.2) is 39.8 Å². The van der Waals surface area contributed by atoms with Crippen LogP contribution in [0.25, 0.3) is 16.9 Å². The Kier molecular flexibility index (Phi) is 4.83. The molecular formula is C18H19F2N5O. The Morgan fingerprint density at radius 1 is 1.27 bits per heavy atom. The Labute approximate surface area is 149 Å². The maximum atomic E-state index is 14.7. The Morgan fingerprint density at radius 3 is 2.54 bits per heavy atom. The summed E-state index contributed by atoms with van der Waals surface area (Å²) in [5.74, 6) is -0.528. The molecule has 0 fully saturated rings. The van der Waals surface area contributed by atoms with Crippen LogP contribution in [0.15, 0.2) is 36.8 Å².